The van der Waals surface area contributed by atoms with Crippen molar-refractivity contribution in [1.29, 1.82) is 0 Å². The fraction of sp³-hybridized carbons (Fsp3) is 0.462. The Hall–Kier alpha value is -1.71. The Morgan fingerprint density at radius 3 is 2.76 bits per heavy atom. The van der Waals surface area contributed by atoms with Crippen molar-refractivity contribution in [3.63, 3.8) is 0 Å². The molecule has 1 fully saturated rings. The predicted octanol–water partition coefficient (Wildman–Crippen LogP) is -1.63. The van der Waals surface area contributed by atoms with E-state index < -0.39 is 37.1 Å². The number of hydrogen-bond acceptors (Lipinski definition) is 7. The minimum absolute atomic E-state index is 0.355. The number of aliphatic hydroxyl groups is 3. The number of carbonyl (C=O) groups is 1. The molecule has 0 saturated carbocycles. The maximum Gasteiger partial charge on any atom is 0.265 e. The first-order chi connectivity index (χ1) is 10.1. The summed E-state index contributed by atoms with van der Waals surface area (Å²) in [6, 6.07) is 6.52. The van der Waals surface area contributed by atoms with E-state index >= 15 is 0 Å². The molecule has 8 heteroatoms. The Bertz CT molecular complexity index is 497. The van der Waals surface area contributed by atoms with E-state index in [1.54, 1.807) is 24.3 Å². The van der Waals surface area contributed by atoms with Crippen molar-refractivity contribution in [3.05, 3.63) is 29.8 Å². The van der Waals surface area contributed by atoms with Gasteiger partial charge in [0.05, 0.1) is 13.7 Å². The molecule has 1 aliphatic rings. The summed E-state index contributed by atoms with van der Waals surface area (Å²) < 4.78 is 10.2. The second-order valence-corrected chi connectivity index (χ2v) is 4.59. The number of hydrazine groups is 1. The highest BCUT2D eigenvalue weighted by Gasteiger charge is 2.42. The van der Waals surface area contributed by atoms with Crippen LogP contribution >= 0.6 is 0 Å². The average Bonchev–Trinajstić information content (AvgIpc) is 2.80. The van der Waals surface area contributed by atoms with Gasteiger partial charge in [0.2, 0.25) is 0 Å². The van der Waals surface area contributed by atoms with Crippen LogP contribution in [0.4, 0.5) is 0 Å². The Kier molecular flexibility index (Phi) is 5.10. The summed E-state index contributed by atoms with van der Waals surface area (Å²) in [6.45, 7) is -0.430. The van der Waals surface area contributed by atoms with Crippen LogP contribution in [0.15, 0.2) is 24.3 Å². The topological polar surface area (TPSA) is 120 Å². The van der Waals surface area contributed by atoms with Gasteiger partial charge < -0.3 is 24.8 Å². The van der Waals surface area contributed by atoms with E-state index in [0.29, 0.717) is 11.3 Å². The maximum atomic E-state index is 11.9. The van der Waals surface area contributed by atoms with E-state index in [9.17, 15) is 15.0 Å². The maximum absolute atomic E-state index is 11.9. The number of rotatable bonds is 5. The van der Waals surface area contributed by atoms with Gasteiger partial charge in [-0.25, -0.2) is 5.43 Å². The third-order valence-corrected chi connectivity index (χ3v) is 3.20. The number of nitrogens with one attached hydrogen (secondary N) is 2. The van der Waals surface area contributed by atoms with Crippen LogP contribution in [0.2, 0.25) is 0 Å². The molecule has 116 valence electrons. The molecule has 1 aromatic rings. The normalized spacial score (nSPS) is 28.4. The molecule has 0 spiro atoms. The summed E-state index contributed by atoms with van der Waals surface area (Å²) in [5.74, 6) is 0.0854. The molecule has 1 aliphatic heterocycles. The minimum Gasteiger partial charge on any atom is -0.497 e. The lowest BCUT2D eigenvalue weighted by Gasteiger charge is -2.17. The van der Waals surface area contributed by atoms with Crippen molar-refractivity contribution < 1.29 is 29.6 Å². The number of ether oxygens (including phenoxy) is 2. The molecule has 1 aromatic carbocycles. The van der Waals surface area contributed by atoms with Crippen molar-refractivity contribution in [2.24, 2.45) is 0 Å². The molecule has 5 N–H and O–H groups in total. The molecule has 4 atom stereocenters. The first-order valence-electron chi connectivity index (χ1n) is 6.39. The van der Waals surface area contributed by atoms with E-state index in [4.69, 9.17) is 14.6 Å². The lowest BCUT2D eigenvalue weighted by molar-refractivity contribution is -0.0375. The number of benzene rings is 1. The van der Waals surface area contributed by atoms with Gasteiger partial charge in [0.15, 0.2) is 6.23 Å². The van der Waals surface area contributed by atoms with Gasteiger partial charge in [-0.2, -0.15) is 0 Å². The summed E-state index contributed by atoms with van der Waals surface area (Å²) in [6.07, 6.45) is -4.38. The van der Waals surface area contributed by atoms with Gasteiger partial charge in [-0.3, -0.25) is 10.2 Å². The second kappa shape index (κ2) is 6.83. The molecule has 0 radical (unpaired) electrons. The molecule has 0 aliphatic carbocycles. The van der Waals surface area contributed by atoms with Gasteiger partial charge in [0, 0.05) is 5.56 Å². The summed E-state index contributed by atoms with van der Waals surface area (Å²) in [7, 11) is 1.49. The number of carbonyl (C=O) groups excluding carboxylic acids is 1. The van der Waals surface area contributed by atoms with E-state index in [1.165, 1.54) is 7.11 Å². The van der Waals surface area contributed by atoms with Crippen molar-refractivity contribution >= 4 is 5.91 Å². The fourth-order valence-electron chi connectivity index (χ4n) is 1.99. The number of hydrogen-bond donors (Lipinski definition) is 5. The zero-order valence-electron chi connectivity index (χ0n) is 11.4. The minimum atomic E-state index is -1.26. The molecule has 1 saturated heterocycles. The first-order valence-corrected chi connectivity index (χ1v) is 6.39. The monoisotopic (exact) mass is 298 g/mol. The van der Waals surface area contributed by atoms with Crippen LogP contribution in [-0.4, -0.2) is 59.5 Å². The highest BCUT2D eigenvalue weighted by Crippen LogP contribution is 2.19. The Labute approximate surface area is 121 Å². The van der Waals surface area contributed by atoms with Crippen molar-refractivity contribution in [2.45, 2.75) is 24.5 Å². The molecule has 1 amide bonds. The van der Waals surface area contributed by atoms with Crippen LogP contribution in [0.5, 0.6) is 5.75 Å². The van der Waals surface area contributed by atoms with Gasteiger partial charge in [-0.1, -0.05) is 6.07 Å². The zero-order valence-corrected chi connectivity index (χ0v) is 11.4. The Balaban J connectivity index is 1.92. The summed E-state index contributed by atoms with van der Waals surface area (Å²) in [5, 5.41) is 28.2. The quantitative estimate of drug-likeness (QED) is 0.414. The Morgan fingerprint density at radius 2 is 2.14 bits per heavy atom. The van der Waals surface area contributed by atoms with Crippen molar-refractivity contribution in [3.8, 4) is 5.75 Å². The SMILES string of the molecule is COc1cccc(C(=O)NN[C@H]2O[C@@H](CO)[C@@H](O)[C@@H]2O)c1. The van der Waals surface area contributed by atoms with E-state index in [-0.39, 0.29) is 0 Å². The zero-order chi connectivity index (χ0) is 15.4. The average molecular weight is 298 g/mol. The predicted molar refractivity (Wildman–Crippen MR) is 71.4 cm³/mol. The number of aliphatic hydroxyl groups excluding tert-OH is 3. The fourth-order valence-corrected chi connectivity index (χ4v) is 1.99. The van der Waals surface area contributed by atoms with E-state index in [2.05, 4.69) is 10.9 Å². The van der Waals surface area contributed by atoms with Crippen LogP contribution in [0.3, 0.4) is 0 Å². The number of amides is 1. The van der Waals surface area contributed by atoms with Gasteiger partial charge in [0.1, 0.15) is 24.1 Å². The third-order valence-electron chi connectivity index (χ3n) is 3.20. The molecule has 0 aromatic heterocycles. The van der Waals surface area contributed by atoms with Gasteiger partial charge >= 0.3 is 0 Å². The van der Waals surface area contributed by atoms with Gasteiger partial charge in [-0.05, 0) is 18.2 Å². The summed E-state index contributed by atoms with van der Waals surface area (Å²) >= 11 is 0. The molecular formula is C13H18N2O6. The molecule has 1 heterocycles. The number of methoxy groups -OCH3 is 1. The molecule has 0 bridgehead atoms. The Morgan fingerprint density at radius 1 is 1.38 bits per heavy atom. The van der Waals surface area contributed by atoms with Crippen LogP contribution in [0.1, 0.15) is 10.4 Å². The highest BCUT2D eigenvalue weighted by atomic mass is 16.6. The highest BCUT2D eigenvalue weighted by molar-refractivity contribution is 5.94. The molecular weight excluding hydrogens is 280 g/mol. The molecule has 8 nitrogen and oxygen atoms in total. The van der Waals surface area contributed by atoms with Crippen LogP contribution < -0.4 is 15.6 Å². The largest absolute Gasteiger partial charge is 0.497 e. The summed E-state index contributed by atoms with van der Waals surface area (Å²) in [5.41, 5.74) is 5.20. The third kappa shape index (κ3) is 3.49. The van der Waals surface area contributed by atoms with Crippen molar-refractivity contribution in [2.75, 3.05) is 13.7 Å². The van der Waals surface area contributed by atoms with E-state index in [0.717, 1.165) is 0 Å². The summed E-state index contributed by atoms with van der Waals surface area (Å²) in [4.78, 5) is 11.9. The van der Waals surface area contributed by atoms with Gasteiger partial charge in [0.25, 0.3) is 5.91 Å². The van der Waals surface area contributed by atoms with Crippen LogP contribution in [-0.2, 0) is 4.74 Å². The smallest absolute Gasteiger partial charge is 0.265 e. The van der Waals surface area contributed by atoms with Crippen molar-refractivity contribution in [1.82, 2.24) is 10.9 Å². The first kappa shape index (κ1) is 15.7. The molecule has 21 heavy (non-hydrogen) atoms. The second-order valence-electron chi connectivity index (χ2n) is 4.59. The van der Waals surface area contributed by atoms with Crippen LogP contribution in [0, 0.1) is 0 Å². The lowest BCUT2D eigenvalue weighted by Crippen LogP contribution is -2.49. The standard InChI is InChI=1S/C13H18N2O6/c1-20-8-4-2-3-7(5-8)12(19)14-15-13-11(18)10(17)9(6-16)21-13/h2-5,9-11,13,15-18H,6H2,1H3,(H,14,19)/t9-,10+,11-,13-/m0/s1. The lowest BCUT2D eigenvalue weighted by atomic mass is 10.1. The molecule has 0 unspecified atom stereocenters. The van der Waals surface area contributed by atoms with E-state index in [1.807, 2.05) is 0 Å². The van der Waals surface area contributed by atoms with Crippen LogP contribution in [0.25, 0.3) is 0 Å². The van der Waals surface area contributed by atoms with Gasteiger partial charge in [-0.15, -0.1) is 0 Å². The molecule has 2 rings (SSSR count).